The van der Waals surface area contributed by atoms with Crippen LogP contribution in [0.2, 0.25) is 0 Å². The highest BCUT2D eigenvalue weighted by Crippen LogP contribution is 2.17. The Bertz CT molecular complexity index is 194. The molecule has 1 atom stereocenters. The van der Waals surface area contributed by atoms with E-state index in [9.17, 15) is 4.39 Å². The van der Waals surface area contributed by atoms with Gasteiger partial charge < -0.3 is 0 Å². The van der Waals surface area contributed by atoms with E-state index in [0.717, 1.165) is 18.4 Å². The van der Waals surface area contributed by atoms with Crippen molar-refractivity contribution in [3.05, 3.63) is 11.9 Å². The lowest BCUT2D eigenvalue weighted by Crippen LogP contribution is -2.16. The number of hydrogen-bond acceptors (Lipinski definition) is 0. The van der Waals surface area contributed by atoms with Gasteiger partial charge in [0.15, 0.2) is 12.3 Å². The van der Waals surface area contributed by atoms with E-state index < -0.39 is 0 Å². The fraction of sp³-hybridized carbons (Fsp3) is 0.667. The Morgan fingerprint density at radius 3 is 3.00 bits per heavy atom. The Labute approximate surface area is 67.2 Å². The zero-order valence-electron chi connectivity index (χ0n) is 7.18. The summed E-state index contributed by atoms with van der Waals surface area (Å²) in [7, 11) is 2.01. The molecule has 0 amide bonds. The van der Waals surface area contributed by atoms with Gasteiger partial charge >= 0.3 is 0 Å². The van der Waals surface area contributed by atoms with Crippen LogP contribution in [0.15, 0.2) is 11.9 Å². The van der Waals surface area contributed by atoms with Gasteiger partial charge in [-0.2, -0.15) is 0 Å². The molecule has 0 aromatic heterocycles. The molecule has 0 radical (unpaired) electrons. The van der Waals surface area contributed by atoms with Gasteiger partial charge in [-0.15, -0.1) is 0 Å². The van der Waals surface area contributed by atoms with E-state index in [1.165, 1.54) is 6.42 Å². The molecule has 0 aromatic carbocycles. The first-order valence-corrected chi connectivity index (χ1v) is 4.14. The minimum atomic E-state index is 0.530. The van der Waals surface area contributed by atoms with E-state index in [4.69, 9.17) is 0 Å². The molecule has 1 rings (SSSR count). The first-order valence-electron chi connectivity index (χ1n) is 4.14. The number of nitrogens with zero attached hydrogens (tertiary/aromatic N) is 1. The average Bonchev–Trinajstić information content (AvgIpc) is 2.33. The average molecular weight is 156 g/mol. The van der Waals surface area contributed by atoms with Gasteiger partial charge in [-0.25, -0.2) is 8.97 Å². The summed E-state index contributed by atoms with van der Waals surface area (Å²) in [5.74, 6) is 0. The summed E-state index contributed by atoms with van der Waals surface area (Å²) in [5.41, 5.74) is 0.825. The Morgan fingerprint density at radius 1 is 1.82 bits per heavy atom. The molecule has 1 nitrogen and oxygen atoms in total. The lowest BCUT2D eigenvalue weighted by molar-refractivity contribution is -0.526. The molecule has 0 spiro atoms. The topological polar surface area (TPSA) is 3.01 Å². The van der Waals surface area contributed by atoms with Gasteiger partial charge in [0.1, 0.15) is 7.05 Å². The number of halogens is 1. The van der Waals surface area contributed by atoms with Crippen molar-refractivity contribution in [1.82, 2.24) is 0 Å². The van der Waals surface area contributed by atoms with Crippen LogP contribution in [0.1, 0.15) is 26.2 Å². The molecule has 1 unspecified atom stereocenters. The highest BCUT2D eigenvalue weighted by atomic mass is 19.1. The molecule has 0 fully saturated rings. The van der Waals surface area contributed by atoms with Crippen molar-refractivity contribution in [1.29, 1.82) is 0 Å². The Morgan fingerprint density at radius 2 is 2.55 bits per heavy atom. The zero-order chi connectivity index (χ0) is 8.27. The monoisotopic (exact) mass is 156 g/mol. The number of rotatable bonds is 2. The van der Waals surface area contributed by atoms with E-state index in [1.807, 2.05) is 13.3 Å². The van der Waals surface area contributed by atoms with Gasteiger partial charge in [-0.1, -0.05) is 6.92 Å². The third-order valence-electron chi connectivity index (χ3n) is 2.18. The molecule has 0 N–H and O–H groups in total. The highest BCUT2D eigenvalue weighted by Gasteiger charge is 2.25. The smallest absolute Gasteiger partial charge is 0.169 e. The van der Waals surface area contributed by atoms with Crippen LogP contribution >= 0.6 is 0 Å². The van der Waals surface area contributed by atoms with Crippen molar-refractivity contribution in [2.24, 2.45) is 0 Å². The molecule has 0 aliphatic carbocycles. The predicted molar refractivity (Wildman–Crippen MR) is 44.8 cm³/mol. The molecule has 0 aromatic rings. The molecule has 1 aliphatic rings. The van der Waals surface area contributed by atoms with Crippen LogP contribution in [-0.4, -0.2) is 23.9 Å². The molecule has 0 saturated carbocycles. The van der Waals surface area contributed by atoms with Gasteiger partial charge in [0.2, 0.25) is 0 Å². The molecule has 11 heavy (non-hydrogen) atoms. The maximum absolute atomic E-state index is 12.1. The second-order valence-electron chi connectivity index (χ2n) is 3.13. The van der Waals surface area contributed by atoms with Crippen molar-refractivity contribution >= 4 is 6.21 Å². The summed E-state index contributed by atoms with van der Waals surface area (Å²) in [6.45, 7) is 2.16. The molecule has 2 heteroatoms. The van der Waals surface area contributed by atoms with Gasteiger partial charge in [0.05, 0.1) is 11.9 Å². The van der Waals surface area contributed by atoms with Gasteiger partial charge in [-0.3, -0.25) is 0 Å². The molecule has 0 bridgehead atoms. The van der Waals surface area contributed by atoms with Crippen molar-refractivity contribution < 1.29 is 8.97 Å². The fourth-order valence-electron chi connectivity index (χ4n) is 1.55. The van der Waals surface area contributed by atoms with Gasteiger partial charge in [-0.05, 0) is 6.42 Å². The lowest BCUT2D eigenvalue weighted by Gasteiger charge is -2.02. The standard InChI is InChI=1S/C9H15FN/c1-3-4-9-5-8(6-10)7-11(9)2/h6-7,9H,3-5H2,1-2H3/q+1/b8-6-. The summed E-state index contributed by atoms with van der Waals surface area (Å²) in [5, 5.41) is 0. The second-order valence-corrected chi connectivity index (χ2v) is 3.13. The molecular weight excluding hydrogens is 141 g/mol. The van der Waals surface area contributed by atoms with Crippen LogP contribution in [0, 0.1) is 0 Å². The molecule has 1 heterocycles. The quantitative estimate of drug-likeness (QED) is 0.539. The fourth-order valence-corrected chi connectivity index (χ4v) is 1.55. The lowest BCUT2D eigenvalue weighted by atomic mass is 10.1. The van der Waals surface area contributed by atoms with Crippen molar-refractivity contribution in [3.63, 3.8) is 0 Å². The van der Waals surface area contributed by atoms with Crippen LogP contribution in [0.5, 0.6) is 0 Å². The zero-order valence-corrected chi connectivity index (χ0v) is 7.18. The van der Waals surface area contributed by atoms with Crippen molar-refractivity contribution in [2.45, 2.75) is 32.2 Å². The minimum Gasteiger partial charge on any atom is -0.235 e. The van der Waals surface area contributed by atoms with Crippen LogP contribution in [-0.2, 0) is 0 Å². The first-order chi connectivity index (χ1) is 5.27. The molecule has 0 saturated heterocycles. The Kier molecular flexibility index (Phi) is 2.80. The van der Waals surface area contributed by atoms with Crippen LogP contribution in [0.3, 0.4) is 0 Å². The maximum Gasteiger partial charge on any atom is 0.169 e. The second kappa shape index (κ2) is 3.65. The third kappa shape index (κ3) is 1.88. The third-order valence-corrected chi connectivity index (χ3v) is 2.18. The maximum atomic E-state index is 12.1. The van der Waals surface area contributed by atoms with Crippen LogP contribution in [0.4, 0.5) is 4.39 Å². The minimum absolute atomic E-state index is 0.530. The van der Waals surface area contributed by atoms with E-state index in [-0.39, 0.29) is 0 Å². The largest absolute Gasteiger partial charge is 0.235 e. The van der Waals surface area contributed by atoms with E-state index >= 15 is 0 Å². The van der Waals surface area contributed by atoms with E-state index in [0.29, 0.717) is 12.4 Å². The molecule has 62 valence electrons. The summed E-state index contributed by atoms with van der Waals surface area (Å²) < 4.78 is 14.2. The summed E-state index contributed by atoms with van der Waals surface area (Å²) >= 11 is 0. The molecule has 1 aliphatic heterocycles. The SMILES string of the molecule is CCCC1C/C(=C/F)C=[N+]1C. The summed E-state index contributed by atoms with van der Waals surface area (Å²) in [6, 6.07) is 0.530. The van der Waals surface area contributed by atoms with Crippen LogP contribution in [0.25, 0.3) is 0 Å². The normalized spacial score (nSPS) is 27.7. The van der Waals surface area contributed by atoms with Crippen molar-refractivity contribution in [3.8, 4) is 0 Å². The van der Waals surface area contributed by atoms with E-state index in [1.54, 1.807) is 0 Å². The predicted octanol–water partition coefficient (Wildman–Crippen LogP) is 2.13. The highest BCUT2D eigenvalue weighted by molar-refractivity contribution is 5.75. The molecular formula is C9H15FN+. The van der Waals surface area contributed by atoms with Gasteiger partial charge in [0, 0.05) is 12.8 Å². The first kappa shape index (κ1) is 8.44. The van der Waals surface area contributed by atoms with E-state index in [2.05, 4.69) is 11.5 Å². The van der Waals surface area contributed by atoms with Gasteiger partial charge in [0.25, 0.3) is 0 Å². The summed E-state index contributed by atoms with van der Waals surface area (Å²) in [6.07, 6.45) is 5.81. The van der Waals surface area contributed by atoms with Crippen LogP contribution < -0.4 is 0 Å². The van der Waals surface area contributed by atoms with Crippen molar-refractivity contribution in [2.75, 3.05) is 7.05 Å². The Balaban J connectivity index is 2.57. The summed E-state index contributed by atoms with van der Waals surface area (Å²) in [4.78, 5) is 0. The number of hydrogen-bond donors (Lipinski definition) is 0. The Hall–Kier alpha value is -0.660.